The number of rotatable bonds is 6. The molecule has 0 aromatic carbocycles. The van der Waals surface area contributed by atoms with Gasteiger partial charge >= 0.3 is 6.01 Å². The molecule has 0 spiro atoms. The van der Waals surface area contributed by atoms with E-state index in [2.05, 4.69) is 43.1 Å². The molecule has 16 heavy (non-hydrogen) atoms. The zero-order chi connectivity index (χ0) is 12.1. The summed E-state index contributed by atoms with van der Waals surface area (Å²) in [6, 6.07) is 0.910. The molecular formula is C11H22N4O. The van der Waals surface area contributed by atoms with E-state index in [1.807, 2.05) is 7.05 Å². The minimum atomic E-state index is 0.102. The Morgan fingerprint density at radius 2 is 2.06 bits per heavy atom. The van der Waals surface area contributed by atoms with Crippen molar-refractivity contribution in [2.24, 2.45) is 13.0 Å². The molecule has 0 aliphatic rings. The molecule has 1 atom stereocenters. The van der Waals surface area contributed by atoms with E-state index in [1.165, 1.54) is 0 Å². The number of nitrogens with zero attached hydrogens (tertiary/aromatic N) is 3. The highest BCUT2D eigenvalue weighted by Crippen LogP contribution is 2.09. The lowest BCUT2D eigenvalue weighted by Gasteiger charge is -2.22. The van der Waals surface area contributed by atoms with Crippen molar-refractivity contribution < 1.29 is 4.74 Å². The predicted octanol–water partition coefficient (Wildman–Crippen LogP) is 1.22. The lowest BCUT2D eigenvalue weighted by atomic mass is 10.1. The third-order valence-corrected chi connectivity index (χ3v) is 2.31. The first kappa shape index (κ1) is 13.0. The first-order valence-electron chi connectivity index (χ1n) is 5.74. The van der Waals surface area contributed by atoms with Crippen LogP contribution in [-0.4, -0.2) is 33.5 Å². The highest BCUT2D eigenvalue weighted by Gasteiger charge is 2.17. The van der Waals surface area contributed by atoms with Crippen molar-refractivity contribution in [2.45, 2.75) is 39.8 Å². The number of nitrogens with one attached hydrogen (secondary N) is 1. The maximum Gasteiger partial charge on any atom is 0.335 e. The van der Waals surface area contributed by atoms with E-state index in [-0.39, 0.29) is 6.10 Å². The average molecular weight is 226 g/mol. The Morgan fingerprint density at radius 3 is 2.50 bits per heavy atom. The number of hydrogen-bond donors (Lipinski definition) is 1. The van der Waals surface area contributed by atoms with Crippen molar-refractivity contribution in [3.05, 3.63) is 6.33 Å². The molecule has 1 unspecified atom stereocenters. The fourth-order valence-electron chi connectivity index (χ4n) is 1.27. The molecule has 0 aliphatic carbocycles. The Balaban J connectivity index is 2.51. The van der Waals surface area contributed by atoms with Crippen LogP contribution in [0, 0.1) is 5.92 Å². The van der Waals surface area contributed by atoms with E-state index in [0.29, 0.717) is 18.0 Å². The van der Waals surface area contributed by atoms with E-state index in [4.69, 9.17) is 4.74 Å². The standard InChI is InChI=1S/C11H22N4O/c1-8(2)10(6-12-9(3)4)16-11-13-7-15(5)14-11/h7-10,12H,6H2,1-5H3. The van der Waals surface area contributed by atoms with Crippen LogP contribution >= 0.6 is 0 Å². The van der Waals surface area contributed by atoms with Crippen molar-refractivity contribution in [3.8, 4) is 6.01 Å². The first-order chi connectivity index (χ1) is 7.49. The fraction of sp³-hybridized carbons (Fsp3) is 0.818. The lowest BCUT2D eigenvalue weighted by Crippen LogP contribution is -2.38. The molecule has 0 aliphatic heterocycles. The molecule has 5 heteroatoms. The summed E-state index contributed by atoms with van der Waals surface area (Å²) in [7, 11) is 1.83. The fourth-order valence-corrected chi connectivity index (χ4v) is 1.27. The summed E-state index contributed by atoms with van der Waals surface area (Å²) >= 11 is 0. The molecule has 1 heterocycles. The van der Waals surface area contributed by atoms with Crippen LogP contribution in [0.25, 0.3) is 0 Å². The van der Waals surface area contributed by atoms with E-state index in [1.54, 1.807) is 11.0 Å². The minimum absolute atomic E-state index is 0.102. The van der Waals surface area contributed by atoms with Gasteiger partial charge in [0, 0.05) is 19.6 Å². The Morgan fingerprint density at radius 1 is 1.38 bits per heavy atom. The van der Waals surface area contributed by atoms with Crippen LogP contribution in [-0.2, 0) is 7.05 Å². The zero-order valence-corrected chi connectivity index (χ0v) is 10.8. The van der Waals surface area contributed by atoms with Gasteiger partial charge in [-0.1, -0.05) is 27.7 Å². The van der Waals surface area contributed by atoms with Gasteiger partial charge in [-0.2, -0.15) is 4.98 Å². The number of aromatic nitrogens is 3. The van der Waals surface area contributed by atoms with Crippen LogP contribution in [0.15, 0.2) is 6.33 Å². The third-order valence-electron chi connectivity index (χ3n) is 2.31. The second-order valence-electron chi connectivity index (χ2n) is 4.66. The second-order valence-corrected chi connectivity index (χ2v) is 4.66. The molecular weight excluding hydrogens is 204 g/mol. The average Bonchev–Trinajstić information content (AvgIpc) is 2.57. The summed E-state index contributed by atoms with van der Waals surface area (Å²) in [5.41, 5.74) is 0. The van der Waals surface area contributed by atoms with E-state index >= 15 is 0 Å². The topological polar surface area (TPSA) is 52.0 Å². The molecule has 0 fully saturated rings. The maximum atomic E-state index is 5.74. The van der Waals surface area contributed by atoms with Gasteiger partial charge in [-0.25, -0.2) is 0 Å². The number of hydrogen-bond acceptors (Lipinski definition) is 4. The van der Waals surface area contributed by atoms with Crippen molar-refractivity contribution in [1.29, 1.82) is 0 Å². The molecule has 5 nitrogen and oxygen atoms in total. The van der Waals surface area contributed by atoms with Gasteiger partial charge in [-0.3, -0.25) is 4.68 Å². The van der Waals surface area contributed by atoms with Crippen LogP contribution in [0.5, 0.6) is 6.01 Å². The van der Waals surface area contributed by atoms with Crippen molar-refractivity contribution in [3.63, 3.8) is 0 Å². The van der Waals surface area contributed by atoms with Gasteiger partial charge in [0.05, 0.1) is 0 Å². The van der Waals surface area contributed by atoms with Crippen LogP contribution in [0.1, 0.15) is 27.7 Å². The number of aryl methyl sites for hydroxylation is 1. The summed E-state index contributed by atoms with van der Waals surface area (Å²) in [4.78, 5) is 4.07. The SMILES string of the molecule is CC(C)NCC(Oc1ncn(C)n1)C(C)C. The predicted molar refractivity (Wildman–Crippen MR) is 63.4 cm³/mol. The van der Waals surface area contributed by atoms with Gasteiger partial charge < -0.3 is 10.1 Å². The van der Waals surface area contributed by atoms with E-state index in [9.17, 15) is 0 Å². The highest BCUT2D eigenvalue weighted by molar-refractivity contribution is 4.89. The van der Waals surface area contributed by atoms with Crippen LogP contribution in [0.2, 0.25) is 0 Å². The van der Waals surface area contributed by atoms with Gasteiger partial charge in [0.15, 0.2) is 0 Å². The smallest absolute Gasteiger partial charge is 0.335 e. The van der Waals surface area contributed by atoms with Crippen molar-refractivity contribution >= 4 is 0 Å². The zero-order valence-electron chi connectivity index (χ0n) is 10.8. The van der Waals surface area contributed by atoms with Crippen LogP contribution in [0.4, 0.5) is 0 Å². The van der Waals surface area contributed by atoms with Crippen LogP contribution in [0.3, 0.4) is 0 Å². The van der Waals surface area contributed by atoms with Gasteiger partial charge in [-0.15, -0.1) is 5.10 Å². The molecule has 1 aromatic rings. The molecule has 0 radical (unpaired) electrons. The summed E-state index contributed by atoms with van der Waals surface area (Å²) in [6.45, 7) is 9.33. The molecule has 1 N–H and O–H groups in total. The lowest BCUT2D eigenvalue weighted by molar-refractivity contribution is 0.133. The Hall–Kier alpha value is -1.10. The van der Waals surface area contributed by atoms with E-state index in [0.717, 1.165) is 6.54 Å². The summed E-state index contributed by atoms with van der Waals surface area (Å²) in [5, 5.41) is 7.48. The second kappa shape index (κ2) is 5.84. The third kappa shape index (κ3) is 4.18. The molecule has 0 bridgehead atoms. The Kier molecular flexibility index (Phi) is 4.73. The summed E-state index contributed by atoms with van der Waals surface area (Å²) in [5.74, 6) is 0.426. The van der Waals surface area contributed by atoms with Crippen LogP contribution < -0.4 is 10.1 Å². The van der Waals surface area contributed by atoms with Gasteiger partial charge in [0.2, 0.25) is 0 Å². The highest BCUT2D eigenvalue weighted by atomic mass is 16.5. The molecule has 0 amide bonds. The molecule has 92 valence electrons. The Bertz CT molecular complexity index is 309. The molecule has 1 rings (SSSR count). The molecule has 0 saturated heterocycles. The quantitative estimate of drug-likeness (QED) is 0.792. The van der Waals surface area contributed by atoms with E-state index < -0.39 is 0 Å². The van der Waals surface area contributed by atoms with Crippen molar-refractivity contribution in [2.75, 3.05) is 6.54 Å². The summed E-state index contributed by atoms with van der Waals surface area (Å²) < 4.78 is 7.38. The monoisotopic (exact) mass is 226 g/mol. The minimum Gasteiger partial charge on any atom is -0.457 e. The summed E-state index contributed by atoms with van der Waals surface area (Å²) in [6.07, 6.45) is 1.74. The molecule has 0 saturated carbocycles. The first-order valence-corrected chi connectivity index (χ1v) is 5.74. The largest absolute Gasteiger partial charge is 0.457 e. The number of ether oxygens (including phenoxy) is 1. The maximum absolute atomic E-state index is 5.74. The van der Waals surface area contributed by atoms with Gasteiger partial charge in [-0.05, 0) is 5.92 Å². The van der Waals surface area contributed by atoms with Crippen molar-refractivity contribution in [1.82, 2.24) is 20.1 Å². The molecule has 1 aromatic heterocycles. The normalized spacial score (nSPS) is 13.4. The van der Waals surface area contributed by atoms with Gasteiger partial charge in [0.1, 0.15) is 12.4 Å². The Labute approximate surface area is 97.2 Å². The van der Waals surface area contributed by atoms with Gasteiger partial charge in [0.25, 0.3) is 0 Å².